The number of carbonyl (C=O) groups is 1. The Labute approximate surface area is 169 Å². The zero-order valence-electron chi connectivity index (χ0n) is 16.4. The Bertz CT molecular complexity index is 925. The minimum Gasteiger partial charge on any atom is -0.493 e. The van der Waals surface area contributed by atoms with Crippen molar-refractivity contribution < 1.29 is 14.6 Å². The van der Waals surface area contributed by atoms with Gasteiger partial charge >= 0.3 is 5.97 Å². The predicted molar refractivity (Wildman–Crippen MR) is 110 cm³/mol. The van der Waals surface area contributed by atoms with Crippen LogP contribution in [-0.4, -0.2) is 33.9 Å². The number of nitrogens with zero attached hydrogens (tertiary/aromatic N) is 2. The minimum atomic E-state index is -0.949. The van der Waals surface area contributed by atoms with Crippen LogP contribution in [0.15, 0.2) is 29.4 Å². The molecule has 0 amide bonds. The van der Waals surface area contributed by atoms with Crippen LogP contribution < -0.4 is 4.74 Å². The SMILES string of the molecule is CCC1(CC)CCOc2cc(SC)c(C#Cc3cnc(CC(=O)O)nc3)cc21. The number of thioether (sulfide) groups is 1. The molecule has 6 heteroatoms. The Hall–Kier alpha value is -2.52. The second kappa shape index (κ2) is 8.66. The number of hydrogen-bond acceptors (Lipinski definition) is 5. The van der Waals surface area contributed by atoms with E-state index in [-0.39, 0.29) is 17.7 Å². The molecule has 1 N–H and O–H groups in total. The van der Waals surface area contributed by atoms with E-state index in [1.807, 2.05) is 6.26 Å². The first-order valence-corrected chi connectivity index (χ1v) is 10.6. The number of aliphatic carboxylic acids is 1. The molecule has 1 aromatic carbocycles. The molecular weight excluding hydrogens is 372 g/mol. The molecule has 1 aliphatic rings. The maximum absolute atomic E-state index is 10.7. The van der Waals surface area contributed by atoms with Crippen molar-refractivity contribution in [2.75, 3.05) is 12.9 Å². The fourth-order valence-electron chi connectivity index (χ4n) is 3.62. The normalized spacial score (nSPS) is 14.4. The summed E-state index contributed by atoms with van der Waals surface area (Å²) in [5.41, 5.74) is 3.02. The average molecular weight is 397 g/mol. The van der Waals surface area contributed by atoms with E-state index in [4.69, 9.17) is 9.84 Å². The lowest BCUT2D eigenvalue weighted by Gasteiger charge is -2.38. The number of carboxylic acids is 1. The van der Waals surface area contributed by atoms with Gasteiger partial charge in [-0.3, -0.25) is 4.79 Å². The molecule has 2 heterocycles. The predicted octanol–water partition coefficient (Wildman–Crippen LogP) is 4.07. The second-order valence-corrected chi connectivity index (χ2v) is 7.69. The molecule has 0 aliphatic carbocycles. The van der Waals surface area contributed by atoms with Crippen LogP contribution in [0.1, 0.15) is 55.6 Å². The highest BCUT2D eigenvalue weighted by Crippen LogP contribution is 2.45. The van der Waals surface area contributed by atoms with Crippen LogP contribution in [0.2, 0.25) is 0 Å². The quantitative estimate of drug-likeness (QED) is 0.607. The molecule has 146 valence electrons. The van der Waals surface area contributed by atoms with Crippen molar-refractivity contribution >= 4 is 17.7 Å². The molecule has 0 radical (unpaired) electrons. The number of carboxylic acid groups (broad SMARTS) is 1. The van der Waals surface area contributed by atoms with Gasteiger partial charge in [0, 0.05) is 33.8 Å². The summed E-state index contributed by atoms with van der Waals surface area (Å²) in [6.07, 6.45) is 8.16. The molecule has 0 unspecified atom stereocenters. The number of fused-ring (bicyclic) bond motifs is 1. The molecule has 0 saturated heterocycles. The zero-order valence-corrected chi connectivity index (χ0v) is 17.2. The van der Waals surface area contributed by atoms with Crippen LogP contribution in [0.5, 0.6) is 5.75 Å². The molecule has 1 aliphatic heterocycles. The van der Waals surface area contributed by atoms with E-state index in [0.717, 1.165) is 42.1 Å². The van der Waals surface area contributed by atoms with E-state index in [9.17, 15) is 4.79 Å². The lowest BCUT2D eigenvalue weighted by molar-refractivity contribution is -0.136. The summed E-state index contributed by atoms with van der Waals surface area (Å²) in [5.74, 6) is 6.67. The molecule has 1 aromatic heterocycles. The third-order valence-corrected chi connectivity index (χ3v) is 6.20. The molecule has 0 saturated carbocycles. The van der Waals surface area contributed by atoms with Gasteiger partial charge in [-0.15, -0.1) is 11.8 Å². The van der Waals surface area contributed by atoms with Crippen LogP contribution in [0.4, 0.5) is 0 Å². The van der Waals surface area contributed by atoms with Crippen molar-refractivity contribution in [3.63, 3.8) is 0 Å². The van der Waals surface area contributed by atoms with Gasteiger partial charge < -0.3 is 9.84 Å². The van der Waals surface area contributed by atoms with Gasteiger partial charge in [-0.25, -0.2) is 9.97 Å². The topological polar surface area (TPSA) is 72.3 Å². The van der Waals surface area contributed by atoms with Crippen molar-refractivity contribution in [3.8, 4) is 17.6 Å². The van der Waals surface area contributed by atoms with Crippen LogP contribution in [0, 0.1) is 11.8 Å². The fourth-order valence-corrected chi connectivity index (χ4v) is 4.18. The molecule has 2 aromatic rings. The number of benzene rings is 1. The molecule has 3 rings (SSSR count). The molecule has 0 spiro atoms. The first kappa shape index (κ1) is 20.2. The number of hydrogen-bond donors (Lipinski definition) is 1. The van der Waals surface area contributed by atoms with Crippen molar-refractivity contribution in [2.45, 2.75) is 49.8 Å². The number of aromatic nitrogens is 2. The summed E-state index contributed by atoms with van der Waals surface area (Å²) < 4.78 is 5.96. The van der Waals surface area contributed by atoms with E-state index < -0.39 is 5.97 Å². The summed E-state index contributed by atoms with van der Waals surface area (Å²) in [6.45, 7) is 5.23. The number of rotatable bonds is 5. The number of ether oxygens (including phenoxy) is 1. The standard InChI is InChI=1S/C22H24N2O3S/c1-4-22(5-2)8-9-27-18-11-19(28-3)16(10-17(18)22)7-6-15-13-23-20(24-14-15)12-21(25)26/h10-11,13-14H,4-5,8-9,12H2,1-3H3,(H,25,26). The monoisotopic (exact) mass is 396 g/mol. The van der Waals surface area contributed by atoms with Crippen LogP contribution in [0.3, 0.4) is 0 Å². The van der Waals surface area contributed by atoms with Gasteiger partial charge in [0.2, 0.25) is 0 Å². The minimum absolute atomic E-state index is 0.141. The Balaban J connectivity index is 1.97. The summed E-state index contributed by atoms with van der Waals surface area (Å²) in [5, 5.41) is 8.81. The Morgan fingerprint density at radius 2 is 1.96 bits per heavy atom. The largest absolute Gasteiger partial charge is 0.493 e. The van der Waals surface area contributed by atoms with Crippen LogP contribution in [-0.2, 0) is 16.6 Å². The van der Waals surface area contributed by atoms with Crippen molar-refractivity contribution in [1.29, 1.82) is 0 Å². The van der Waals surface area contributed by atoms with Crippen LogP contribution >= 0.6 is 11.8 Å². The zero-order chi connectivity index (χ0) is 20.1. The van der Waals surface area contributed by atoms with E-state index in [0.29, 0.717) is 5.56 Å². The van der Waals surface area contributed by atoms with E-state index >= 15 is 0 Å². The summed E-state index contributed by atoms with van der Waals surface area (Å²) in [6, 6.07) is 4.29. The highest BCUT2D eigenvalue weighted by Gasteiger charge is 2.35. The summed E-state index contributed by atoms with van der Waals surface area (Å²) in [4.78, 5) is 20.0. The second-order valence-electron chi connectivity index (χ2n) is 6.84. The molecule has 5 nitrogen and oxygen atoms in total. The summed E-state index contributed by atoms with van der Waals surface area (Å²) >= 11 is 1.65. The molecule has 0 atom stereocenters. The Morgan fingerprint density at radius 1 is 1.25 bits per heavy atom. The van der Waals surface area contributed by atoms with Gasteiger partial charge in [0.25, 0.3) is 0 Å². The van der Waals surface area contributed by atoms with Crippen molar-refractivity contribution in [2.24, 2.45) is 0 Å². The third kappa shape index (κ3) is 4.15. The molecular formula is C22H24N2O3S. The van der Waals surface area contributed by atoms with E-state index in [2.05, 4.69) is 47.8 Å². The maximum Gasteiger partial charge on any atom is 0.311 e. The maximum atomic E-state index is 10.7. The first-order valence-electron chi connectivity index (χ1n) is 9.41. The van der Waals surface area contributed by atoms with Gasteiger partial charge in [0.05, 0.1) is 12.2 Å². The van der Waals surface area contributed by atoms with Crippen LogP contribution in [0.25, 0.3) is 0 Å². The van der Waals surface area contributed by atoms with Gasteiger partial charge in [-0.2, -0.15) is 0 Å². The van der Waals surface area contributed by atoms with Crippen molar-refractivity contribution in [1.82, 2.24) is 9.97 Å². The highest BCUT2D eigenvalue weighted by molar-refractivity contribution is 7.98. The molecule has 0 bridgehead atoms. The molecule has 28 heavy (non-hydrogen) atoms. The van der Waals surface area contributed by atoms with Crippen molar-refractivity contribution in [3.05, 3.63) is 47.0 Å². The van der Waals surface area contributed by atoms with E-state index in [1.165, 1.54) is 5.56 Å². The fraction of sp³-hybridized carbons (Fsp3) is 0.409. The lowest BCUT2D eigenvalue weighted by atomic mass is 9.71. The highest BCUT2D eigenvalue weighted by atomic mass is 32.2. The summed E-state index contributed by atoms with van der Waals surface area (Å²) in [7, 11) is 0. The van der Waals surface area contributed by atoms with Gasteiger partial charge in [-0.05, 0) is 37.7 Å². The average Bonchev–Trinajstić information content (AvgIpc) is 2.71. The van der Waals surface area contributed by atoms with Gasteiger partial charge in [0.1, 0.15) is 18.0 Å². The first-order chi connectivity index (χ1) is 13.5. The van der Waals surface area contributed by atoms with Gasteiger partial charge in [-0.1, -0.05) is 25.7 Å². The smallest absolute Gasteiger partial charge is 0.311 e. The molecule has 0 fully saturated rings. The van der Waals surface area contributed by atoms with Gasteiger partial charge in [0.15, 0.2) is 0 Å². The van der Waals surface area contributed by atoms with E-state index in [1.54, 1.807) is 24.2 Å². The Kier molecular flexibility index (Phi) is 6.25. The Morgan fingerprint density at radius 3 is 2.57 bits per heavy atom. The lowest BCUT2D eigenvalue weighted by Crippen LogP contribution is -2.31. The third-order valence-electron chi connectivity index (χ3n) is 5.42.